The van der Waals surface area contributed by atoms with Crippen molar-refractivity contribution < 1.29 is 28.3 Å². The molecule has 1 aromatic carbocycles. The molecule has 146 valence electrons. The molecule has 1 heterocycles. The number of carbonyl (C=O) groups is 3. The Kier molecular flexibility index (Phi) is 7.66. The van der Waals surface area contributed by atoms with Crippen LogP contribution in [-0.2, 0) is 20.9 Å². The lowest BCUT2D eigenvalue weighted by molar-refractivity contribution is -0.145. The van der Waals surface area contributed by atoms with E-state index in [0.717, 1.165) is 12.8 Å². The number of benzene rings is 1. The lowest BCUT2D eigenvalue weighted by atomic mass is 10.1. The number of primary amides is 1. The lowest BCUT2D eigenvalue weighted by Crippen LogP contribution is -2.29. The van der Waals surface area contributed by atoms with Gasteiger partial charge in [0, 0.05) is 18.4 Å². The van der Waals surface area contributed by atoms with E-state index in [1.165, 1.54) is 0 Å². The van der Waals surface area contributed by atoms with Gasteiger partial charge in [-0.05, 0) is 25.8 Å². The van der Waals surface area contributed by atoms with E-state index in [1.807, 2.05) is 6.07 Å². The lowest BCUT2D eigenvalue weighted by Gasteiger charge is -2.06. The zero-order chi connectivity index (χ0) is 19.6. The number of ether oxygens (including phenoxy) is 2. The van der Waals surface area contributed by atoms with Gasteiger partial charge in [-0.3, -0.25) is 4.79 Å². The van der Waals surface area contributed by atoms with Gasteiger partial charge < -0.3 is 24.9 Å². The molecule has 0 saturated heterocycles. The van der Waals surface area contributed by atoms with Crippen LogP contribution in [0.1, 0.15) is 48.7 Å². The third-order valence-electron chi connectivity index (χ3n) is 3.89. The van der Waals surface area contributed by atoms with E-state index in [4.69, 9.17) is 19.6 Å². The number of esters is 2. The highest BCUT2D eigenvalue weighted by Gasteiger charge is 2.22. The number of hydrogen-bond acceptors (Lipinski definition) is 6. The first kappa shape index (κ1) is 20.3. The van der Waals surface area contributed by atoms with E-state index in [0.29, 0.717) is 29.5 Å². The number of furan rings is 1. The van der Waals surface area contributed by atoms with Crippen LogP contribution in [0.15, 0.2) is 28.7 Å². The number of unbranched alkanes of at least 4 members (excludes halogenated alkanes) is 2. The van der Waals surface area contributed by atoms with Gasteiger partial charge in [0.1, 0.15) is 12.2 Å². The molecule has 0 atom stereocenters. The summed E-state index contributed by atoms with van der Waals surface area (Å²) in [5.74, 6) is -0.886. The summed E-state index contributed by atoms with van der Waals surface area (Å²) in [4.78, 5) is 34.6. The summed E-state index contributed by atoms with van der Waals surface area (Å²) in [5, 5.41) is 3.20. The van der Waals surface area contributed by atoms with Crippen LogP contribution in [0.5, 0.6) is 0 Å². The molecule has 0 aliphatic carbocycles. The van der Waals surface area contributed by atoms with Crippen molar-refractivity contribution in [1.82, 2.24) is 5.32 Å². The maximum atomic E-state index is 12.1. The molecule has 0 bridgehead atoms. The Labute approximate surface area is 157 Å². The molecule has 0 aliphatic heterocycles. The Balaban J connectivity index is 1.90. The third-order valence-corrected chi connectivity index (χ3v) is 3.89. The largest absolute Gasteiger partial charge is 0.461 e. The Hall–Kier alpha value is -3.03. The smallest absolute Gasteiger partial charge is 0.374 e. The van der Waals surface area contributed by atoms with Crippen molar-refractivity contribution >= 4 is 28.9 Å². The molecule has 0 aliphatic rings. The van der Waals surface area contributed by atoms with Crippen LogP contribution < -0.4 is 11.1 Å². The first-order valence-electron chi connectivity index (χ1n) is 8.89. The van der Waals surface area contributed by atoms with Crippen molar-refractivity contribution in [3.05, 3.63) is 35.6 Å². The average Bonchev–Trinajstić information content (AvgIpc) is 3.01. The molecule has 27 heavy (non-hydrogen) atoms. The molecule has 3 N–H and O–H groups in total. The molecule has 0 fully saturated rings. The van der Waals surface area contributed by atoms with E-state index in [9.17, 15) is 14.4 Å². The summed E-state index contributed by atoms with van der Waals surface area (Å²) in [7, 11) is 0. The number of rotatable bonds is 10. The summed E-state index contributed by atoms with van der Waals surface area (Å²) in [6.07, 6.45) is 2.38. The fourth-order valence-electron chi connectivity index (χ4n) is 2.61. The Morgan fingerprint density at radius 3 is 2.63 bits per heavy atom. The number of nitrogens with two attached hydrogens (primary N) is 1. The number of carbonyl (C=O) groups excluding carboxylic acids is 3. The predicted octanol–water partition coefficient (Wildman–Crippen LogP) is 2.88. The van der Waals surface area contributed by atoms with Gasteiger partial charge in [-0.15, -0.1) is 0 Å². The van der Waals surface area contributed by atoms with Gasteiger partial charge in [0.2, 0.25) is 5.76 Å². The molecule has 2 amide bonds. The number of amides is 2. The molecule has 8 heteroatoms. The van der Waals surface area contributed by atoms with Gasteiger partial charge in [-0.25, -0.2) is 9.59 Å². The Bertz CT molecular complexity index is 799. The van der Waals surface area contributed by atoms with Gasteiger partial charge >= 0.3 is 18.0 Å². The molecule has 2 aromatic rings. The predicted molar refractivity (Wildman–Crippen MR) is 98.0 cm³/mol. The molecular formula is C19H24N2O6. The highest BCUT2D eigenvalue weighted by atomic mass is 16.5. The van der Waals surface area contributed by atoms with Gasteiger partial charge in [0.25, 0.3) is 0 Å². The highest BCUT2D eigenvalue weighted by molar-refractivity contribution is 5.96. The van der Waals surface area contributed by atoms with Crippen molar-refractivity contribution in [3.8, 4) is 0 Å². The monoisotopic (exact) mass is 376 g/mol. The topological polar surface area (TPSA) is 121 Å². The second kappa shape index (κ2) is 10.2. The fourth-order valence-corrected chi connectivity index (χ4v) is 2.61. The van der Waals surface area contributed by atoms with Crippen LogP contribution >= 0.6 is 0 Å². The minimum Gasteiger partial charge on any atom is -0.461 e. The van der Waals surface area contributed by atoms with Crippen LogP contribution in [0.25, 0.3) is 11.0 Å². The number of para-hydroxylation sites is 1. The van der Waals surface area contributed by atoms with Gasteiger partial charge in [-0.1, -0.05) is 24.6 Å². The summed E-state index contributed by atoms with van der Waals surface area (Å²) in [5.41, 5.74) is 6.01. The first-order chi connectivity index (χ1) is 13.0. The van der Waals surface area contributed by atoms with Crippen molar-refractivity contribution in [3.63, 3.8) is 0 Å². The molecule has 0 unspecified atom stereocenters. The minimum atomic E-state index is -0.582. The maximum absolute atomic E-state index is 12.1. The zero-order valence-electron chi connectivity index (χ0n) is 15.3. The summed E-state index contributed by atoms with van der Waals surface area (Å²) >= 11 is 0. The minimum absolute atomic E-state index is 0.0587. The SMILES string of the molecule is CCOC(=O)c1oc2ccccc2c1COC(=O)CCCCCNC(N)=O. The van der Waals surface area contributed by atoms with Gasteiger partial charge in [0.15, 0.2) is 0 Å². The zero-order valence-corrected chi connectivity index (χ0v) is 15.3. The van der Waals surface area contributed by atoms with E-state index in [2.05, 4.69) is 5.32 Å². The first-order valence-corrected chi connectivity index (χ1v) is 8.89. The molecule has 0 radical (unpaired) electrons. The van der Waals surface area contributed by atoms with Crippen LogP contribution in [0, 0.1) is 0 Å². The molecule has 8 nitrogen and oxygen atoms in total. The number of nitrogens with one attached hydrogen (secondary N) is 1. The van der Waals surface area contributed by atoms with E-state index in [-0.39, 0.29) is 31.4 Å². The summed E-state index contributed by atoms with van der Waals surface area (Å²) in [6.45, 7) is 2.35. The number of hydrogen-bond donors (Lipinski definition) is 2. The molecule has 2 rings (SSSR count). The van der Waals surface area contributed by atoms with Crippen LogP contribution in [0.4, 0.5) is 4.79 Å². The standard InChI is InChI=1S/C19H24N2O6/c1-2-25-18(23)17-14(13-8-5-6-9-15(13)27-17)12-26-16(22)10-4-3-7-11-21-19(20)24/h5-6,8-9H,2-4,7,10-12H2,1H3,(H3,20,21,24). The van der Waals surface area contributed by atoms with Crippen molar-refractivity contribution in [2.45, 2.75) is 39.2 Å². The number of urea groups is 1. The maximum Gasteiger partial charge on any atom is 0.374 e. The molecular weight excluding hydrogens is 352 g/mol. The van der Waals surface area contributed by atoms with Crippen molar-refractivity contribution in [2.24, 2.45) is 5.73 Å². The second-order valence-corrected chi connectivity index (χ2v) is 5.89. The fraction of sp³-hybridized carbons (Fsp3) is 0.421. The average molecular weight is 376 g/mol. The van der Waals surface area contributed by atoms with E-state index in [1.54, 1.807) is 25.1 Å². The quantitative estimate of drug-likeness (QED) is 0.486. The normalized spacial score (nSPS) is 10.6. The van der Waals surface area contributed by atoms with Crippen LogP contribution in [0.2, 0.25) is 0 Å². The molecule has 0 saturated carbocycles. The van der Waals surface area contributed by atoms with E-state index >= 15 is 0 Å². The van der Waals surface area contributed by atoms with Gasteiger partial charge in [0.05, 0.1) is 12.2 Å². The van der Waals surface area contributed by atoms with Crippen molar-refractivity contribution in [2.75, 3.05) is 13.2 Å². The summed E-state index contributed by atoms with van der Waals surface area (Å²) in [6, 6.07) is 6.60. The third kappa shape index (κ3) is 6.02. The Morgan fingerprint density at radius 2 is 1.89 bits per heavy atom. The number of fused-ring (bicyclic) bond motifs is 1. The van der Waals surface area contributed by atoms with Crippen molar-refractivity contribution in [1.29, 1.82) is 0 Å². The molecule has 0 spiro atoms. The highest BCUT2D eigenvalue weighted by Crippen LogP contribution is 2.27. The summed E-state index contributed by atoms with van der Waals surface area (Å²) < 4.78 is 15.9. The van der Waals surface area contributed by atoms with E-state index < -0.39 is 12.0 Å². The van der Waals surface area contributed by atoms with Crippen LogP contribution in [0.3, 0.4) is 0 Å². The van der Waals surface area contributed by atoms with Crippen LogP contribution in [-0.4, -0.2) is 31.1 Å². The molecule has 1 aromatic heterocycles. The Morgan fingerprint density at radius 1 is 1.11 bits per heavy atom. The second-order valence-electron chi connectivity index (χ2n) is 5.89. The van der Waals surface area contributed by atoms with Gasteiger partial charge in [-0.2, -0.15) is 0 Å².